The summed E-state index contributed by atoms with van der Waals surface area (Å²) < 4.78 is 32.1. The molecule has 21 heavy (non-hydrogen) atoms. The van der Waals surface area contributed by atoms with Crippen molar-refractivity contribution in [2.75, 3.05) is 23.6 Å². The van der Waals surface area contributed by atoms with E-state index in [0.29, 0.717) is 30.5 Å². The predicted molar refractivity (Wildman–Crippen MR) is 87.4 cm³/mol. The molecule has 0 atom stereocenters. The second-order valence-electron chi connectivity index (χ2n) is 5.17. The second-order valence-corrected chi connectivity index (χ2v) is 7.01. The highest BCUT2D eigenvalue weighted by atomic mass is 32.2. The molecular weight excluding hydrogens is 288 g/mol. The van der Waals surface area contributed by atoms with E-state index in [9.17, 15) is 8.42 Å². The van der Waals surface area contributed by atoms with Crippen LogP contribution in [-0.2, 0) is 10.0 Å². The summed E-state index contributed by atoms with van der Waals surface area (Å²) in [5.41, 5.74) is 0.500. The van der Waals surface area contributed by atoms with Gasteiger partial charge in [-0.05, 0) is 38.4 Å². The van der Waals surface area contributed by atoms with E-state index in [4.69, 9.17) is 4.74 Å². The van der Waals surface area contributed by atoms with E-state index >= 15 is 0 Å². The molecule has 2 N–H and O–H groups in total. The zero-order valence-corrected chi connectivity index (χ0v) is 13.9. The highest BCUT2D eigenvalue weighted by molar-refractivity contribution is 7.92. The Labute approximate surface area is 128 Å². The molecule has 0 saturated carbocycles. The van der Waals surface area contributed by atoms with Gasteiger partial charge in [-0.15, -0.1) is 0 Å². The molecule has 0 saturated heterocycles. The lowest BCUT2D eigenvalue weighted by Crippen LogP contribution is -2.24. The SMILES string of the molecule is CCOc1ccccc1NS(=O)(=O)CCCCNC(C)C. The van der Waals surface area contributed by atoms with Gasteiger partial charge in [-0.1, -0.05) is 26.0 Å². The van der Waals surface area contributed by atoms with Crippen LogP contribution in [0.25, 0.3) is 0 Å². The van der Waals surface area contributed by atoms with Crippen LogP contribution in [0.4, 0.5) is 5.69 Å². The van der Waals surface area contributed by atoms with Gasteiger partial charge in [0.25, 0.3) is 0 Å². The average molecular weight is 314 g/mol. The molecule has 0 aliphatic carbocycles. The number of anilines is 1. The molecule has 0 aromatic heterocycles. The molecule has 0 aliphatic heterocycles. The number of benzene rings is 1. The summed E-state index contributed by atoms with van der Waals surface area (Å²) in [6.07, 6.45) is 1.47. The van der Waals surface area contributed by atoms with Crippen LogP contribution in [0.15, 0.2) is 24.3 Å². The van der Waals surface area contributed by atoms with Crippen LogP contribution in [-0.4, -0.2) is 33.4 Å². The van der Waals surface area contributed by atoms with Crippen LogP contribution >= 0.6 is 0 Å². The fraction of sp³-hybridized carbons (Fsp3) is 0.600. The normalized spacial score (nSPS) is 11.6. The molecule has 0 amide bonds. The first kappa shape index (κ1) is 17.8. The Hall–Kier alpha value is -1.27. The van der Waals surface area contributed by atoms with Gasteiger partial charge in [0.15, 0.2) is 0 Å². The van der Waals surface area contributed by atoms with E-state index < -0.39 is 10.0 Å². The van der Waals surface area contributed by atoms with Crippen molar-refractivity contribution in [3.05, 3.63) is 24.3 Å². The summed E-state index contributed by atoms with van der Waals surface area (Å²) in [4.78, 5) is 0. The van der Waals surface area contributed by atoms with E-state index in [-0.39, 0.29) is 5.75 Å². The first-order valence-electron chi connectivity index (χ1n) is 7.40. The third kappa shape index (κ3) is 7.34. The predicted octanol–water partition coefficient (Wildman–Crippen LogP) is 2.61. The van der Waals surface area contributed by atoms with Crippen molar-refractivity contribution in [2.24, 2.45) is 0 Å². The van der Waals surface area contributed by atoms with Crippen molar-refractivity contribution < 1.29 is 13.2 Å². The van der Waals surface area contributed by atoms with Crippen LogP contribution < -0.4 is 14.8 Å². The lowest BCUT2D eigenvalue weighted by Gasteiger charge is -2.13. The van der Waals surface area contributed by atoms with E-state index in [1.54, 1.807) is 18.2 Å². The van der Waals surface area contributed by atoms with Gasteiger partial charge in [-0.25, -0.2) is 8.42 Å². The molecular formula is C15H26N2O3S. The largest absolute Gasteiger partial charge is 0.492 e. The zero-order valence-electron chi connectivity index (χ0n) is 13.1. The van der Waals surface area contributed by atoms with E-state index in [0.717, 1.165) is 13.0 Å². The van der Waals surface area contributed by atoms with Gasteiger partial charge in [0.2, 0.25) is 10.0 Å². The van der Waals surface area contributed by atoms with Gasteiger partial charge < -0.3 is 10.1 Å². The van der Waals surface area contributed by atoms with Gasteiger partial charge in [-0.3, -0.25) is 4.72 Å². The number of sulfonamides is 1. The maximum atomic E-state index is 12.1. The van der Waals surface area contributed by atoms with Gasteiger partial charge in [0, 0.05) is 6.04 Å². The standard InChI is InChI=1S/C15H26N2O3S/c1-4-20-15-10-6-5-9-14(15)17-21(18,19)12-8-7-11-16-13(2)3/h5-6,9-10,13,16-17H,4,7-8,11-12H2,1-3H3. The second kappa shape index (κ2) is 8.89. The lowest BCUT2D eigenvalue weighted by molar-refractivity contribution is 0.342. The molecule has 0 fully saturated rings. The fourth-order valence-corrected chi connectivity index (χ4v) is 3.05. The monoisotopic (exact) mass is 314 g/mol. The van der Waals surface area contributed by atoms with Crippen LogP contribution in [0.5, 0.6) is 5.75 Å². The molecule has 5 nitrogen and oxygen atoms in total. The molecule has 0 radical (unpaired) electrons. The Morgan fingerprint density at radius 1 is 1.19 bits per heavy atom. The molecule has 0 aliphatic rings. The molecule has 120 valence electrons. The topological polar surface area (TPSA) is 67.4 Å². The number of unbranched alkanes of at least 4 members (excludes halogenated alkanes) is 1. The summed E-state index contributed by atoms with van der Waals surface area (Å²) in [5.74, 6) is 0.679. The van der Waals surface area contributed by atoms with Crippen molar-refractivity contribution in [3.63, 3.8) is 0 Å². The number of ether oxygens (including phenoxy) is 1. The fourth-order valence-electron chi connectivity index (χ4n) is 1.86. The van der Waals surface area contributed by atoms with Crippen LogP contribution in [0, 0.1) is 0 Å². The van der Waals surface area contributed by atoms with Crippen LogP contribution in [0.1, 0.15) is 33.6 Å². The Morgan fingerprint density at radius 2 is 1.90 bits per heavy atom. The summed E-state index contributed by atoms with van der Waals surface area (Å²) in [7, 11) is -3.33. The summed E-state index contributed by atoms with van der Waals surface area (Å²) in [6, 6.07) is 7.50. The molecule has 0 spiro atoms. The van der Waals surface area contributed by atoms with Gasteiger partial charge in [-0.2, -0.15) is 0 Å². The third-order valence-corrected chi connectivity index (χ3v) is 4.20. The molecule has 6 heteroatoms. The Kier molecular flexibility index (Phi) is 7.53. The Bertz CT molecular complexity index is 515. The maximum Gasteiger partial charge on any atom is 0.232 e. The first-order chi connectivity index (χ1) is 9.94. The van der Waals surface area contributed by atoms with E-state index in [2.05, 4.69) is 23.9 Å². The number of hydrogen-bond acceptors (Lipinski definition) is 4. The Morgan fingerprint density at radius 3 is 2.57 bits per heavy atom. The molecule has 1 rings (SSSR count). The van der Waals surface area contributed by atoms with E-state index in [1.165, 1.54) is 0 Å². The summed E-state index contributed by atoms with van der Waals surface area (Å²) in [6.45, 7) is 7.35. The van der Waals surface area contributed by atoms with Crippen molar-refractivity contribution in [1.29, 1.82) is 0 Å². The zero-order chi connectivity index (χ0) is 15.7. The quantitative estimate of drug-likeness (QED) is 0.651. The average Bonchev–Trinajstić information content (AvgIpc) is 2.40. The smallest absolute Gasteiger partial charge is 0.232 e. The highest BCUT2D eigenvalue weighted by Crippen LogP contribution is 2.24. The molecule has 1 aromatic carbocycles. The minimum Gasteiger partial charge on any atom is -0.492 e. The van der Waals surface area contributed by atoms with Crippen LogP contribution in [0.3, 0.4) is 0 Å². The third-order valence-electron chi connectivity index (χ3n) is 2.84. The minimum absolute atomic E-state index is 0.118. The summed E-state index contributed by atoms with van der Waals surface area (Å²) >= 11 is 0. The molecule has 0 unspecified atom stereocenters. The number of hydrogen-bond donors (Lipinski definition) is 2. The van der Waals surface area contributed by atoms with Crippen molar-refractivity contribution in [1.82, 2.24) is 5.32 Å². The van der Waals surface area contributed by atoms with E-state index in [1.807, 2.05) is 13.0 Å². The first-order valence-corrected chi connectivity index (χ1v) is 9.05. The minimum atomic E-state index is -3.33. The highest BCUT2D eigenvalue weighted by Gasteiger charge is 2.13. The lowest BCUT2D eigenvalue weighted by atomic mass is 10.3. The number of para-hydroxylation sites is 2. The van der Waals surface area contributed by atoms with Gasteiger partial charge >= 0.3 is 0 Å². The summed E-state index contributed by atoms with van der Waals surface area (Å²) in [5, 5.41) is 3.27. The van der Waals surface area contributed by atoms with Crippen molar-refractivity contribution in [3.8, 4) is 5.75 Å². The van der Waals surface area contributed by atoms with Gasteiger partial charge in [0.05, 0.1) is 18.0 Å². The van der Waals surface area contributed by atoms with Crippen molar-refractivity contribution in [2.45, 2.75) is 39.7 Å². The van der Waals surface area contributed by atoms with Crippen molar-refractivity contribution >= 4 is 15.7 Å². The maximum absolute atomic E-state index is 12.1. The number of nitrogens with one attached hydrogen (secondary N) is 2. The van der Waals surface area contributed by atoms with Crippen LogP contribution in [0.2, 0.25) is 0 Å². The molecule has 0 heterocycles. The molecule has 0 bridgehead atoms. The molecule has 1 aromatic rings. The number of rotatable bonds is 10. The van der Waals surface area contributed by atoms with Gasteiger partial charge in [0.1, 0.15) is 5.75 Å². The Balaban J connectivity index is 2.49.